The van der Waals surface area contributed by atoms with E-state index in [0.29, 0.717) is 11.8 Å². The lowest BCUT2D eigenvalue weighted by molar-refractivity contribution is -0.202. The van der Waals surface area contributed by atoms with Crippen LogP contribution >= 0.6 is 0 Å². The van der Waals surface area contributed by atoms with Crippen LogP contribution in [0.3, 0.4) is 0 Å². The number of fused-ring (bicyclic) bond motifs is 8. The average Bonchev–Trinajstić information content (AvgIpc) is 3.58. The van der Waals surface area contributed by atoms with E-state index in [-0.39, 0.29) is 59.3 Å². The summed E-state index contributed by atoms with van der Waals surface area (Å²) < 4.78 is 10.9. The Labute approximate surface area is 288 Å². The molecule has 1 aromatic heterocycles. The second kappa shape index (κ2) is 12.1. The number of benzene rings is 2. The van der Waals surface area contributed by atoms with Crippen LogP contribution in [-0.4, -0.2) is 41.9 Å². The van der Waals surface area contributed by atoms with Crippen LogP contribution in [0.5, 0.6) is 0 Å². The van der Waals surface area contributed by atoms with Crippen molar-refractivity contribution in [3.8, 4) is 11.1 Å². The van der Waals surface area contributed by atoms with Crippen LogP contribution in [0.4, 0.5) is 4.79 Å². The summed E-state index contributed by atoms with van der Waals surface area (Å²) >= 11 is 0. The van der Waals surface area contributed by atoms with Crippen molar-refractivity contribution in [3.05, 3.63) is 94.0 Å². The number of ether oxygens (including phenoxy) is 1. The monoisotopic (exact) mass is 664 g/mol. The third-order valence-electron chi connectivity index (χ3n) is 14.1. The molecule has 5 aliphatic carbocycles. The number of hydrogen-bond donors (Lipinski definition) is 3. The molecular formula is C41H48N2O6. The molecule has 0 saturated heterocycles. The Balaban J connectivity index is 0.846. The lowest BCUT2D eigenvalue weighted by Gasteiger charge is -2.63. The van der Waals surface area contributed by atoms with E-state index < -0.39 is 11.7 Å². The highest BCUT2D eigenvalue weighted by atomic mass is 16.5. The highest BCUT2D eigenvalue weighted by Crippen LogP contribution is 2.70. The molecule has 2 aromatic carbocycles. The van der Waals surface area contributed by atoms with Crippen LogP contribution in [0.25, 0.3) is 11.1 Å². The van der Waals surface area contributed by atoms with Gasteiger partial charge >= 0.3 is 11.7 Å². The Bertz CT molecular complexity index is 1760. The first-order chi connectivity index (χ1) is 23.6. The summed E-state index contributed by atoms with van der Waals surface area (Å²) in [5.74, 6) is 1.15. The van der Waals surface area contributed by atoms with Crippen LogP contribution < -0.4 is 16.3 Å². The lowest BCUT2D eigenvalue weighted by Crippen LogP contribution is -2.62. The third-order valence-corrected chi connectivity index (χ3v) is 14.1. The molecule has 8 atom stereocenters. The minimum Gasteiger partial charge on any atom is -0.449 e. The van der Waals surface area contributed by atoms with Crippen LogP contribution in [0.2, 0.25) is 0 Å². The maximum absolute atomic E-state index is 13.0. The second-order valence-electron chi connectivity index (χ2n) is 16.1. The molecule has 258 valence electrons. The normalized spacial score (nSPS) is 34.5. The zero-order valence-electron chi connectivity index (χ0n) is 28.6. The molecule has 8 heteroatoms. The molecule has 0 spiro atoms. The summed E-state index contributed by atoms with van der Waals surface area (Å²) in [5.41, 5.74) is 4.49. The van der Waals surface area contributed by atoms with Gasteiger partial charge in [-0.25, -0.2) is 9.59 Å². The average molecular weight is 665 g/mol. The summed E-state index contributed by atoms with van der Waals surface area (Å²) in [6.45, 7) is 4.81. The molecule has 0 radical (unpaired) electrons. The molecule has 0 aliphatic heterocycles. The Morgan fingerprint density at radius 2 is 1.61 bits per heavy atom. The Morgan fingerprint density at radius 1 is 0.878 bits per heavy atom. The van der Waals surface area contributed by atoms with Crippen LogP contribution in [-0.2, 0) is 9.53 Å². The SMILES string of the molecule is C[C@]12CC[C@@H](NC(=O)CNC(=O)OCC3c4ccccc4-c4ccccc43)C[C@H]1CC[C@@H]1[C@@H]2CC[C@]2(C)[C@@H](c3ccc(=O)oc3)CC[C@]12O. The van der Waals surface area contributed by atoms with Crippen molar-refractivity contribution in [3.63, 3.8) is 0 Å². The molecule has 2 amide bonds. The highest BCUT2D eigenvalue weighted by Gasteiger charge is 2.67. The summed E-state index contributed by atoms with van der Waals surface area (Å²) in [6.07, 6.45) is 9.64. The smallest absolute Gasteiger partial charge is 0.407 e. The van der Waals surface area contributed by atoms with E-state index in [1.807, 2.05) is 30.3 Å². The minimum absolute atomic E-state index is 0.0275. The van der Waals surface area contributed by atoms with Gasteiger partial charge in [0.15, 0.2) is 0 Å². The van der Waals surface area contributed by atoms with Gasteiger partial charge in [0, 0.05) is 23.4 Å². The van der Waals surface area contributed by atoms with Crippen molar-refractivity contribution in [2.24, 2.45) is 28.6 Å². The van der Waals surface area contributed by atoms with Crippen LogP contribution in [0.15, 0.2) is 76.1 Å². The summed E-state index contributed by atoms with van der Waals surface area (Å²) in [4.78, 5) is 37.3. The fourth-order valence-electron chi connectivity index (χ4n) is 11.5. The number of nitrogens with one attached hydrogen (secondary N) is 2. The largest absolute Gasteiger partial charge is 0.449 e. The van der Waals surface area contributed by atoms with Gasteiger partial charge in [0.05, 0.1) is 11.9 Å². The van der Waals surface area contributed by atoms with Crippen molar-refractivity contribution >= 4 is 12.0 Å². The molecule has 5 aliphatic rings. The fraction of sp³-hybridized carbons (Fsp3) is 0.537. The number of carbonyl (C=O) groups is 2. The maximum Gasteiger partial charge on any atom is 0.407 e. The van der Waals surface area contributed by atoms with E-state index in [1.165, 1.54) is 17.2 Å². The third kappa shape index (κ3) is 5.24. The number of aliphatic hydroxyl groups is 1. The summed E-state index contributed by atoms with van der Waals surface area (Å²) in [6, 6.07) is 19.9. The van der Waals surface area contributed by atoms with Crippen molar-refractivity contribution in [1.29, 1.82) is 0 Å². The number of carbonyl (C=O) groups excluding carboxylic acids is 2. The first-order valence-electron chi connectivity index (χ1n) is 18.3. The molecule has 3 aromatic rings. The summed E-state index contributed by atoms with van der Waals surface area (Å²) in [7, 11) is 0. The number of hydrogen-bond acceptors (Lipinski definition) is 6. The lowest BCUT2D eigenvalue weighted by atomic mass is 9.43. The van der Waals surface area contributed by atoms with Crippen molar-refractivity contribution < 1.29 is 23.8 Å². The molecule has 1 heterocycles. The van der Waals surface area contributed by atoms with Gasteiger partial charge in [0.1, 0.15) is 13.2 Å². The Morgan fingerprint density at radius 3 is 2.33 bits per heavy atom. The molecule has 49 heavy (non-hydrogen) atoms. The Hall–Kier alpha value is -3.91. The zero-order valence-corrected chi connectivity index (χ0v) is 28.6. The van der Waals surface area contributed by atoms with E-state index in [0.717, 1.165) is 74.5 Å². The van der Waals surface area contributed by atoms with E-state index in [4.69, 9.17) is 9.15 Å². The van der Waals surface area contributed by atoms with E-state index in [1.54, 1.807) is 6.26 Å². The highest BCUT2D eigenvalue weighted by molar-refractivity contribution is 5.82. The van der Waals surface area contributed by atoms with Gasteiger partial charge in [-0.15, -0.1) is 0 Å². The predicted octanol–water partition coefficient (Wildman–Crippen LogP) is 6.90. The molecule has 3 N–H and O–H groups in total. The van der Waals surface area contributed by atoms with Gasteiger partial charge in [-0.05, 0) is 121 Å². The first kappa shape index (κ1) is 32.3. The number of amides is 2. The number of alkyl carbamates (subject to hydrolysis) is 1. The van der Waals surface area contributed by atoms with Crippen molar-refractivity contribution in [2.45, 2.75) is 95.1 Å². The van der Waals surface area contributed by atoms with Gasteiger partial charge < -0.3 is 24.9 Å². The predicted molar refractivity (Wildman–Crippen MR) is 186 cm³/mol. The molecule has 4 fully saturated rings. The molecule has 8 nitrogen and oxygen atoms in total. The van der Waals surface area contributed by atoms with E-state index in [2.05, 4.69) is 48.7 Å². The van der Waals surface area contributed by atoms with Gasteiger partial charge in [-0.1, -0.05) is 62.4 Å². The fourth-order valence-corrected chi connectivity index (χ4v) is 11.5. The van der Waals surface area contributed by atoms with E-state index >= 15 is 0 Å². The number of rotatable bonds is 6. The van der Waals surface area contributed by atoms with Crippen molar-refractivity contribution in [1.82, 2.24) is 10.6 Å². The zero-order chi connectivity index (χ0) is 34.0. The van der Waals surface area contributed by atoms with Crippen LogP contribution in [0.1, 0.15) is 100 Å². The quantitative estimate of drug-likeness (QED) is 0.264. The standard InChI is InChI=1S/C41H48N2O6/c1-39-18-15-27(43-36(44)22-42-38(46)49-24-32-30-9-5-3-7-28(30)29-8-4-6-10-31(29)32)21-26(39)12-13-35-34(39)16-19-40(2)33(17-20-41(35,40)47)25-11-14-37(45)48-23-25/h3-11,14,23,26-27,32-35,47H,12-13,15-22,24H2,1-2H3,(H,42,46)(H,43,44)/t26-,27-,33-,34+,35-,39+,40-,41+/m1/s1. The van der Waals surface area contributed by atoms with Crippen LogP contribution in [0, 0.1) is 28.6 Å². The first-order valence-corrected chi connectivity index (χ1v) is 18.3. The molecular weight excluding hydrogens is 616 g/mol. The topological polar surface area (TPSA) is 118 Å². The van der Waals surface area contributed by atoms with Gasteiger partial charge in [-0.2, -0.15) is 0 Å². The Kier molecular flexibility index (Phi) is 8.01. The molecule has 0 unspecified atom stereocenters. The minimum atomic E-state index is -0.736. The van der Waals surface area contributed by atoms with Gasteiger partial charge in [-0.3, -0.25) is 4.79 Å². The molecule has 8 rings (SSSR count). The van der Waals surface area contributed by atoms with Gasteiger partial charge in [0.25, 0.3) is 0 Å². The van der Waals surface area contributed by atoms with Gasteiger partial charge in [0.2, 0.25) is 5.91 Å². The molecule has 0 bridgehead atoms. The molecule has 4 saturated carbocycles. The second-order valence-corrected chi connectivity index (χ2v) is 16.1. The van der Waals surface area contributed by atoms with E-state index in [9.17, 15) is 19.5 Å². The maximum atomic E-state index is 13.0. The summed E-state index contributed by atoms with van der Waals surface area (Å²) in [5, 5.41) is 18.4. The van der Waals surface area contributed by atoms with Crippen molar-refractivity contribution in [2.75, 3.05) is 13.2 Å².